The van der Waals surface area contributed by atoms with Gasteiger partial charge in [-0.1, -0.05) is 18.2 Å². The number of carbonyl (C=O) groups is 1. The SMILES string of the molecule is CC(C)Oc1ccc(-c2ncc(-c3cccc4c3CC[C@H]4NS(=O)(=O)CC(=O)O)[nH]2)cc1C#N. The molecule has 0 unspecified atom stereocenters. The lowest BCUT2D eigenvalue weighted by atomic mass is 10.0. The van der Waals surface area contributed by atoms with Crippen molar-refractivity contribution in [2.24, 2.45) is 0 Å². The van der Waals surface area contributed by atoms with Gasteiger partial charge in [-0.3, -0.25) is 4.79 Å². The van der Waals surface area contributed by atoms with Crippen LogP contribution in [0.1, 0.15) is 43.0 Å². The van der Waals surface area contributed by atoms with E-state index >= 15 is 0 Å². The van der Waals surface area contributed by atoms with Crippen molar-refractivity contribution < 1.29 is 23.1 Å². The van der Waals surface area contributed by atoms with Gasteiger partial charge in [0, 0.05) is 17.2 Å². The monoisotopic (exact) mass is 480 g/mol. The summed E-state index contributed by atoms with van der Waals surface area (Å²) in [6, 6.07) is 12.6. The van der Waals surface area contributed by atoms with Gasteiger partial charge in [0.05, 0.1) is 23.6 Å². The Bertz CT molecular complexity index is 1390. The lowest BCUT2D eigenvalue weighted by molar-refractivity contribution is -0.134. The van der Waals surface area contributed by atoms with Gasteiger partial charge in [-0.05, 0) is 56.0 Å². The van der Waals surface area contributed by atoms with E-state index in [1.165, 1.54) is 0 Å². The number of nitriles is 1. The smallest absolute Gasteiger partial charge is 0.320 e. The number of carboxylic acid groups (broad SMARTS) is 1. The molecular weight excluding hydrogens is 456 g/mol. The van der Waals surface area contributed by atoms with Crippen molar-refractivity contribution in [1.82, 2.24) is 14.7 Å². The van der Waals surface area contributed by atoms with Gasteiger partial charge in [0.1, 0.15) is 17.6 Å². The molecule has 1 aliphatic carbocycles. The second-order valence-corrected chi connectivity index (χ2v) is 10.1. The Balaban J connectivity index is 1.62. The van der Waals surface area contributed by atoms with E-state index < -0.39 is 27.8 Å². The van der Waals surface area contributed by atoms with Crippen LogP contribution in [0.25, 0.3) is 22.6 Å². The van der Waals surface area contributed by atoms with Crippen molar-refractivity contribution in [3.63, 3.8) is 0 Å². The number of fused-ring (bicyclic) bond motifs is 1. The molecule has 1 aromatic heterocycles. The lowest BCUT2D eigenvalue weighted by Gasteiger charge is -2.14. The van der Waals surface area contributed by atoms with Crippen LogP contribution in [-0.2, 0) is 21.2 Å². The highest BCUT2D eigenvalue weighted by molar-refractivity contribution is 7.90. The predicted molar refractivity (Wildman–Crippen MR) is 126 cm³/mol. The van der Waals surface area contributed by atoms with Crippen molar-refractivity contribution in [2.45, 2.75) is 38.8 Å². The summed E-state index contributed by atoms with van der Waals surface area (Å²) in [5.41, 5.74) is 4.63. The molecule has 2 aromatic carbocycles. The Morgan fingerprint density at radius 2 is 2.15 bits per heavy atom. The van der Waals surface area contributed by atoms with Crippen LogP contribution in [0.2, 0.25) is 0 Å². The first kappa shape index (κ1) is 23.5. The van der Waals surface area contributed by atoms with Gasteiger partial charge in [0.25, 0.3) is 0 Å². The van der Waals surface area contributed by atoms with Gasteiger partial charge in [0.2, 0.25) is 10.0 Å². The summed E-state index contributed by atoms with van der Waals surface area (Å²) in [5, 5.41) is 18.3. The van der Waals surface area contributed by atoms with Crippen LogP contribution in [0.3, 0.4) is 0 Å². The second kappa shape index (κ2) is 9.29. The number of nitrogens with zero attached hydrogens (tertiary/aromatic N) is 2. The number of hydrogen-bond acceptors (Lipinski definition) is 6. The minimum atomic E-state index is -3.94. The molecule has 176 valence electrons. The van der Waals surface area contributed by atoms with E-state index in [1.807, 2.05) is 38.1 Å². The summed E-state index contributed by atoms with van der Waals surface area (Å²) < 4.78 is 32.4. The first-order chi connectivity index (χ1) is 16.2. The Hall–Kier alpha value is -3.68. The summed E-state index contributed by atoms with van der Waals surface area (Å²) in [5.74, 6) is -1.25. The van der Waals surface area contributed by atoms with E-state index in [-0.39, 0.29) is 6.10 Å². The van der Waals surface area contributed by atoms with Crippen LogP contribution in [0.15, 0.2) is 42.6 Å². The molecule has 34 heavy (non-hydrogen) atoms. The predicted octanol–water partition coefficient (Wildman–Crippen LogP) is 3.39. The number of rotatable bonds is 8. The number of hydrogen-bond donors (Lipinski definition) is 3. The molecule has 3 N–H and O–H groups in total. The molecule has 9 nitrogen and oxygen atoms in total. The third-order valence-electron chi connectivity index (χ3n) is 5.51. The van der Waals surface area contributed by atoms with Crippen molar-refractivity contribution in [1.29, 1.82) is 5.26 Å². The number of H-pyrrole nitrogens is 1. The minimum Gasteiger partial charge on any atom is -0.490 e. The van der Waals surface area contributed by atoms with Crippen LogP contribution < -0.4 is 9.46 Å². The van der Waals surface area contributed by atoms with E-state index in [0.29, 0.717) is 30.0 Å². The number of ether oxygens (including phenoxy) is 1. The molecule has 0 aliphatic heterocycles. The molecule has 0 saturated heterocycles. The molecule has 3 aromatic rings. The highest BCUT2D eigenvalue weighted by atomic mass is 32.2. The zero-order chi connectivity index (χ0) is 24.5. The molecule has 0 spiro atoms. The maximum absolute atomic E-state index is 12.1. The molecule has 1 atom stereocenters. The average Bonchev–Trinajstić information content (AvgIpc) is 3.40. The summed E-state index contributed by atoms with van der Waals surface area (Å²) in [4.78, 5) is 18.6. The highest BCUT2D eigenvalue weighted by Gasteiger charge is 2.29. The Morgan fingerprint density at radius 1 is 1.35 bits per heavy atom. The largest absolute Gasteiger partial charge is 0.490 e. The summed E-state index contributed by atoms with van der Waals surface area (Å²) in [6.07, 6.45) is 2.83. The third-order valence-corrected chi connectivity index (χ3v) is 6.78. The number of benzene rings is 2. The van der Waals surface area contributed by atoms with Crippen LogP contribution >= 0.6 is 0 Å². The second-order valence-electron chi connectivity index (χ2n) is 8.37. The van der Waals surface area contributed by atoms with E-state index in [0.717, 1.165) is 27.9 Å². The highest BCUT2D eigenvalue weighted by Crippen LogP contribution is 2.38. The van der Waals surface area contributed by atoms with Crippen molar-refractivity contribution >= 4 is 16.0 Å². The summed E-state index contributed by atoms with van der Waals surface area (Å²) in [7, 11) is -3.94. The maximum Gasteiger partial charge on any atom is 0.320 e. The number of nitrogens with one attached hydrogen (secondary N) is 2. The van der Waals surface area contributed by atoms with Crippen molar-refractivity contribution in [3.8, 4) is 34.5 Å². The number of imidazole rings is 1. The topological polar surface area (TPSA) is 145 Å². The van der Waals surface area contributed by atoms with Crippen molar-refractivity contribution in [2.75, 3.05) is 5.75 Å². The molecule has 0 bridgehead atoms. The summed E-state index contributed by atoms with van der Waals surface area (Å²) >= 11 is 0. The molecule has 0 amide bonds. The molecule has 0 saturated carbocycles. The Morgan fingerprint density at radius 3 is 2.85 bits per heavy atom. The molecule has 1 heterocycles. The van der Waals surface area contributed by atoms with E-state index in [4.69, 9.17) is 9.84 Å². The van der Waals surface area contributed by atoms with Crippen LogP contribution in [0.4, 0.5) is 0 Å². The summed E-state index contributed by atoms with van der Waals surface area (Å²) in [6.45, 7) is 3.79. The van der Waals surface area contributed by atoms with E-state index in [2.05, 4.69) is 20.8 Å². The average molecular weight is 481 g/mol. The molecule has 0 radical (unpaired) electrons. The molecule has 1 aliphatic rings. The van der Waals surface area contributed by atoms with Crippen LogP contribution in [-0.4, -0.2) is 41.3 Å². The third kappa shape index (κ3) is 4.95. The molecular formula is C24H24N4O5S. The minimum absolute atomic E-state index is 0.0502. The number of sulfonamides is 1. The first-order valence-corrected chi connectivity index (χ1v) is 12.4. The number of carboxylic acids is 1. The van der Waals surface area contributed by atoms with Gasteiger partial charge in [-0.25, -0.2) is 18.1 Å². The van der Waals surface area contributed by atoms with Gasteiger partial charge >= 0.3 is 5.97 Å². The van der Waals surface area contributed by atoms with Gasteiger partial charge < -0.3 is 14.8 Å². The van der Waals surface area contributed by atoms with Crippen LogP contribution in [0, 0.1) is 11.3 Å². The van der Waals surface area contributed by atoms with Gasteiger partial charge in [-0.2, -0.15) is 5.26 Å². The first-order valence-electron chi connectivity index (χ1n) is 10.8. The quantitative estimate of drug-likeness (QED) is 0.448. The zero-order valence-corrected chi connectivity index (χ0v) is 19.5. The Kier molecular flexibility index (Phi) is 6.41. The maximum atomic E-state index is 12.1. The fourth-order valence-corrected chi connectivity index (χ4v) is 5.26. The number of aliphatic carboxylic acids is 1. The molecule has 0 fully saturated rings. The standard InChI is InChI=1S/C24H24N4O5S/c1-14(2)33-22-9-6-15(10-16(22)11-25)24-26-12-21(27-24)19-5-3-4-18-17(19)7-8-20(18)28-34(31,32)13-23(29)30/h3-6,9-10,12,14,20,28H,7-8,13H2,1-2H3,(H,26,27)(H,29,30)/t20-/m1/s1. The molecule has 10 heteroatoms. The fourth-order valence-electron chi connectivity index (χ4n) is 4.18. The molecule has 4 rings (SSSR count). The zero-order valence-electron chi connectivity index (χ0n) is 18.7. The Labute approximate surface area is 197 Å². The van der Waals surface area contributed by atoms with Gasteiger partial charge in [0.15, 0.2) is 5.75 Å². The van der Waals surface area contributed by atoms with E-state index in [9.17, 15) is 18.5 Å². The van der Waals surface area contributed by atoms with Crippen LogP contribution in [0.5, 0.6) is 5.75 Å². The van der Waals surface area contributed by atoms with Gasteiger partial charge in [-0.15, -0.1) is 0 Å². The normalized spacial score (nSPS) is 15.2. The van der Waals surface area contributed by atoms with Crippen molar-refractivity contribution in [3.05, 3.63) is 59.3 Å². The van der Waals surface area contributed by atoms with E-state index in [1.54, 1.807) is 18.3 Å². The fraction of sp³-hybridized carbons (Fsp3) is 0.292. The lowest BCUT2D eigenvalue weighted by Crippen LogP contribution is -2.32. The number of aromatic nitrogens is 2. The number of aromatic amines is 1.